The van der Waals surface area contributed by atoms with E-state index in [1.54, 1.807) is 13.4 Å². The minimum absolute atomic E-state index is 0.171. The van der Waals surface area contributed by atoms with E-state index in [4.69, 9.17) is 14.1 Å². The van der Waals surface area contributed by atoms with Gasteiger partial charge in [-0.15, -0.1) is 0 Å². The van der Waals surface area contributed by atoms with Gasteiger partial charge in [-0.1, -0.05) is 54.6 Å². The van der Waals surface area contributed by atoms with Gasteiger partial charge in [0, 0.05) is 63.6 Å². The molecule has 0 saturated carbocycles. The highest BCUT2D eigenvalue weighted by Crippen LogP contribution is 2.23. The van der Waals surface area contributed by atoms with Crippen LogP contribution in [0.4, 0.5) is 5.13 Å². The van der Waals surface area contributed by atoms with Crippen LogP contribution in [0.15, 0.2) is 83.5 Å². The Morgan fingerprint density at radius 2 is 1.93 bits per heavy atom. The van der Waals surface area contributed by atoms with Crippen LogP contribution in [0.5, 0.6) is 5.75 Å². The van der Waals surface area contributed by atoms with Crippen LogP contribution in [-0.2, 0) is 17.8 Å². The van der Waals surface area contributed by atoms with Gasteiger partial charge in [0.15, 0.2) is 0 Å². The highest BCUT2D eigenvalue weighted by molar-refractivity contribution is 7.09. The summed E-state index contributed by atoms with van der Waals surface area (Å²) in [6.45, 7) is 5.24. The van der Waals surface area contributed by atoms with Crippen molar-refractivity contribution < 1.29 is 13.9 Å². The summed E-state index contributed by atoms with van der Waals surface area (Å²) in [6, 6.07) is 22.1. The summed E-state index contributed by atoms with van der Waals surface area (Å²) in [5.41, 5.74) is 2.30. The number of aromatic nitrogens is 2. The molecule has 8 nitrogen and oxygen atoms in total. The Morgan fingerprint density at radius 3 is 2.70 bits per heavy atom. The summed E-state index contributed by atoms with van der Waals surface area (Å²) in [5.74, 6) is 2.57. The first-order valence-corrected chi connectivity index (χ1v) is 14.4. The van der Waals surface area contributed by atoms with Gasteiger partial charge in [0.05, 0.1) is 19.9 Å². The Labute approximate surface area is 239 Å². The minimum atomic E-state index is 0.171. The third kappa shape index (κ3) is 7.80. The number of carbonyl (C=O) groups excluding carboxylic acids is 1. The smallest absolute Gasteiger partial charge is 0.224 e. The summed E-state index contributed by atoms with van der Waals surface area (Å²) < 4.78 is 15.5. The number of anilines is 1. The Balaban J connectivity index is 1.14. The van der Waals surface area contributed by atoms with E-state index in [2.05, 4.69) is 38.5 Å². The first kappa shape index (κ1) is 27.6. The average molecular weight is 558 g/mol. The van der Waals surface area contributed by atoms with Crippen molar-refractivity contribution in [2.24, 2.45) is 0 Å². The molecule has 9 heteroatoms. The van der Waals surface area contributed by atoms with Crippen molar-refractivity contribution in [1.82, 2.24) is 19.2 Å². The molecule has 5 rings (SSSR count). The number of amides is 1. The van der Waals surface area contributed by atoms with E-state index in [1.807, 2.05) is 59.5 Å². The van der Waals surface area contributed by atoms with E-state index in [9.17, 15) is 4.79 Å². The largest absolute Gasteiger partial charge is 0.497 e. The molecular weight excluding hydrogens is 522 g/mol. The lowest BCUT2D eigenvalue weighted by molar-refractivity contribution is -0.132. The predicted octanol–water partition coefficient (Wildman–Crippen LogP) is 4.98. The zero-order valence-electron chi connectivity index (χ0n) is 22.8. The van der Waals surface area contributed by atoms with Crippen molar-refractivity contribution in [1.29, 1.82) is 0 Å². The van der Waals surface area contributed by atoms with Crippen LogP contribution in [0.25, 0.3) is 6.08 Å². The number of piperazine rings is 1. The second kappa shape index (κ2) is 13.9. The molecule has 1 fully saturated rings. The third-order valence-electron chi connectivity index (χ3n) is 6.95. The number of rotatable bonds is 12. The molecule has 0 unspecified atom stereocenters. The molecule has 1 aliphatic rings. The molecule has 3 heterocycles. The summed E-state index contributed by atoms with van der Waals surface area (Å²) in [7, 11) is 1.66. The first-order chi connectivity index (χ1) is 19.7. The summed E-state index contributed by atoms with van der Waals surface area (Å²) >= 11 is 1.36. The number of hydrogen-bond donors (Lipinski definition) is 0. The van der Waals surface area contributed by atoms with E-state index < -0.39 is 0 Å². The topological polar surface area (TPSA) is 74.9 Å². The molecule has 1 aliphatic heterocycles. The maximum atomic E-state index is 13.1. The van der Waals surface area contributed by atoms with Crippen LogP contribution >= 0.6 is 11.5 Å². The fourth-order valence-electron chi connectivity index (χ4n) is 4.71. The zero-order valence-corrected chi connectivity index (χ0v) is 23.6. The van der Waals surface area contributed by atoms with Crippen molar-refractivity contribution in [3.05, 3.63) is 102 Å². The molecule has 0 aliphatic carbocycles. The van der Waals surface area contributed by atoms with Crippen LogP contribution in [0.3, 0.4) is 0 Å². The maximum Gasteiger partial charge on any atom is 0.224 e. The number of hydrogen-bond acceptors (Lipinski definition) is 8. The molecule has 1 amide bonds. The molecule has 4 aromatic rings. The van der Waals surface area contributed by atoms with Crippen LogP contribution in [0, 0.1) is 0 Å². The van der Waals surface area contributed by atoms with E-state index in [0.29, 0.717) is 25.9 Å². The second-order valence-corrected chi connectivity index (χ2v) is 10.5. The Hall–Kier alpha value is -3.95. The van der Waals surface area contributed by atoms with Crippen molar-refractivity contribution in [3.8, 4) is 5.75 Å². The first-order valence-electron chi connectivity index (χ1n) is 13.6. The molecule has 208 valence electrons. The summed E-state index contributed by atoms with van der Waals surface area (Å²) in [6.07, 6.45) is 7.05. The molecular formula is C31H35N5O3S. The molecule has 0 radical (unpaired) electrons. The number of nitrogens with zero attached hydrogens (tertiary/aromatic N) is 5. The molecule has 0 bridgehead atoms. The van der Waals surface area contributed by atoms with Gasteiger partial charge in [0.25, 0.3) is 0 Å². The van der Waals surface area contributed by atoms with Gasteiger partial charge in [-0.3, -0.25) is 9.69 Å². The molecule has 2 aromatic heterocycles. The summed E-state index contributed by atoms with van der Waals surface area (Å²) in [5, 5.41) is 0.789. The van der Waals surface area contributed by atoms with E-state index in [-0.39, 0.29) is 5.91 Å². The van der Waals surface area contributed by atoms with Crippen molar-refractivity contribution >= 4 is 28.6 Å². The zero-order chi connectivity index (χ0) is 27.6. The van der Waals surface area contributed by atoms with Gasteiger partial charge in [-0.25, -0.2) is 4.98 Å². The molecule has 0 spiro atoms. The molecule has 0 N–H and O–H groups in total. The van der Waals surface area contributed by atoms with Gasteiger partial charge in [0.2, 0.25) is 11.0 Å². The molecule has 2 aromatic carbocycles. The average Bonchev–Trinajstić information content (AvgIpc) is 3.68. The van der Waals surface area contributed by atoms with Crippen molar-refractivity contribution in [2.75, 3.05) is 51.3 Å². The lowest BCUT2D eigenvalue weighted by Crippen LogP contribution is -2.49. The number of furan rings is 1. The fraction of sp³-hybridized carbons (Fsp3) is 0.323. The van der Waals surface area contributed by atoms with E-state index in [0.717, 1.165) is 60.8 Å². The van der Waals surface area contributed by atoms with Crippen LogP contribution in [-0.4, -0.2) is 71.4 Å². The number of methoxy groups -OCH3 is 1. The normalized spacial score (nSPS) is 14.1. The van der Waals surface area contributed by atoms with Crippen LogP contribution in [0.1, 0.15) is 29.1 Å². The Bertz CT molecular complexity index is 1360. The number of ether oxygens (including phenoxy) is 1. The third-order valence-corrected chi connectivity index (χ3v) is 7.76. The van der Waals surface area contributed by atoms with Gasteiger partial charge in [0.1, 0.15) is 17.3 Å². The Morgan fingerprint density at radius 1 is 1.07 bits per heavy atom. The van der Waals surface area contributed by atoms with Gasteiger partial charge < -0.3 is 19.0 Å². The molecule has 0 atom stereocenters. The van der Waals surface area contributed by atoms with Crippen LogP contribution in [0.2, 0.25) is 0 Å². The minimum Gasteiger partial charge on any atom is -0.497 e. The quantitative estimate of drug-likeness (QED) is 0.243. The standard InChI is InChI=1S/C31H35N5O3S/c1-38-27-12-5-10-26(22-27)23-29-32-31(40-33-29)36(24-28-13-7-21-39-28)16-14-30(37)35-19-17-34(18-20-35)15-6-11-25-8-3-2-4-9-25/h2-13,21-22H,14-20,23-24H2,1H3. The fourth-order valence-corrected chi connectivity index (χ4v) is 5.42. The highest BCUT2D eigenvalue weighted by atomic mass is 32.1. The van der Waals surface area contributed by atoms with Gasteiger partial charge in [-0.05, 0) is 35.4 Å². The Kier molecular flexibility index (Phi) is 9.60. The second-order valence-electron chi connectivity index (χ2n) is 9.77. The molecule has 40 heavy (non-hydrogen) atoms. The SMILES string of the molecule is COc1cccc(Cc2nsc(N(CCC(=O)N3CCN(CC=Cc4ccccc4)CC3)Cc3ccco3)n2)c1. The van der Waals surface area contributed by atoms with E-state index in [1.165, 1.54) is 17.1 Å². The monoisotopic (exact) mass is 557 g/mol. The number of benzene rings is 2. The highest BCUT2D eigenvalue weighted by Gasteiger charge is 2.22. The molecule has 1 saturated heterocycles. The van der Waals surface area contributed by atoms with E-state index >= 15 is 0 Å². The summed E-state index contributed by atoms with van der Waals surface area (Å²) in [4.78, 5) is 24.4. The predicted molar refractivity (Wildman–Crippen MR) is 159 cm³/mol. The van der Waals surface area contributed by atoms with Crippen molar-refractivity contribution in [3.63, 3.8) is 0 Å². The maximum absolute atomic E-state index is 13.1. The number of carbonyl (C=O) groups is 1. The lowest BCUT2D eigenvalue weighted by Gasteiger charge is -2.34. The van der Waals surface area contributed by atoms with Gasteiger partial charge in [-0.2, -0.15) is 4.37 Å². The van der Waals surface area contributed by atoms with Crippen molar-refractivity contribution in [2.45, 2.75) is 19.4 Å². The lowest BCUT2D eigenvalue weighted by atomic mass is 10.1. The van der Waals surface area contributed by atoms with Crippen LogP contribution < -0.4 is 9.64 Å². The van der Waals surface area contributed by atoms with Gasteiger partial charge >= 0.3 is 0 Å².